The molecular formula is C12H13ClF2N2OS. The molecular weight excluding hydrogens is 294 g/mol. The number of halogens is 3. The normalized spacial score (nSPS) is 12.3. The summed E-state index contributed by atoms with van der Waals surface area (Å²) >= 11 is 10.5. The summed E-state index contributed by atoms with van der Waals surface area (Å²) in [4.78, 5) is 12.0. The van der Waals surface area contributed by atoms with Gasteiger partial charge in [0.2, 0.25) is 5.91 Å². The minimum Gasteiger partial charge on any atom is -0.393 e. The summed E-state index contributed by atoms with van der Waals surface area (Å²) in [6.07, 6.45) is 0. The zero-order valence-corrected chi connectivity index (χ0v) is 11.9. The predicted molar refractivity (Wildman–Crippen MR) is 75.1 cm³/mol. The van der Waals surface area contributed by atoms with Gasteiger partial charge >= 0.3 is 0 Å². The highest BCUT2D eigenvalue weighted by Crippen LogP contribution is 2.27. The van der Waals surface area contributed by atoms with Crippen LogP contribution in [0.5, 0.6) is 0 Å². The monoisotopic (exact) mass is 306 g/mol. The van der Waals surface area contributed by atoms with E-state index in [9.17, 15) is 13.6 Å². The molecule has 0 radical (unpaired) electrons. The van der Waals surface area contributed by atoms with E-state index >= 15 is 0 Å². The van der Waals surface area contributed by atoms with Gasteiger partial charge < -0.3 is 11.1 Å². The summed E-state index contributed by atoms with van der Waals surface area (Å²) in [5, 5.41) is 2.06. The SMILES string of the molecule is CC(C)C(C(=O)Nc1c(F)cc(F)cc1Cl)C(N)=S. The van der Waals surface area contributed by atoms with E-state index in [-0.39, 0.29) is 21.6 Å². The maximum atomic E-state index is 13.5. The summed E-state index contributed by atoms with van der Waals surface area (Å²) in [5.41, 5.74) is 5.19. The van der Waals surface area contributed by atoms with Crippen molar-refractivity contribution in [1.29, 1.82) is 0 Å². The highest BCUT2D eigenvalue weighted by atomic mass is 35.5. The van der Waals surface area contributed by atoms with Gasteiger partial charge in [0.1, 0.15) is 5.82 Å². The second-order valence-corrected chi connectivity index (χ2v) is 5.24. The van der Waals surface area contributed by atoms with Crippen LogP contribution in [0.1, 0.15) is 13.8 Å². The largest absolute Gasteiger partial charge is 0.393 e. The molecule has 1 rings (SSSR count). The number of rotatable bonds is 4. The van der Waals surface area contributed by atoms with Crippen LogP contribution in [0.3, 0.4) is 0 Å². The number of hydrogen-bond donors (Lipinski definition) is 2. The molecule has 1 aromatic rings. The molecule has 0 aliphatic heterocycles. The van der Waals surface area contributed by atoms with Crippen molar-refractivity contribution >= 4 is 40.4 Å². The molecule has 1 aromatic carbocycles. The molecule has 0 saturated carbocycles. The average molecular weight is 307 g/mol. The van der Waals surface area contributed by atoms with E-state index in [1.54, 1.807) is 13.8 Å². The number of benzene rings is 1. The van der Waals surface area contributed by atoms with Crippen LogP contribution in [0.15, 0.2) is 12.1 Å². The molecule has 0 heterocycles. The number of carbonyl (C=O) groups excluding carboxylic acids is 1. The van der Waals surface area contributed by atoms with E-state index in [0.717, 1.165) is 6.07 Å². The third kappa shape index (κ3) is 3.84. The summed E-state index contributed by atoms with van der Waals surface area (Å²) in [5.74, 6) is -3.26. The lowest BCUT2D eigenvalue weighted by atomic mass is 9.95. The Hall–Kier alpha value is -1.27. The minimum absolute atomic E-state index is 0.00569. The van der Waals surface area contributed by atoms with Crippen LogP contribution in [0.4, 0.5) is 14.5 Å². The first-order valence-electron chi connectivity index (χ1n) is 5.48. The van der Waals surface area contributed by atoms with E-state index in [2.05, 4.69) is 5.32 Å². The molecule has 0 fully saturated rings. The Labute approximate surface area is 120 Å². The Morgan fingerprint density at radius 1 is 1.42 bits per heavy atom. The molecule has 0 aromatic heterocycles. The van der Waals surface area contributed by atoms with Crippen molar-refractivity contribution in [2.24, 2.45) is 17.6 Å². The molecule has 0 aliphatic rings. The van der Waals surface area contributed by atoms with Crippen LogP contribution < -0.4 is 11.1 Å². The molecule has 1 unspecified atom stereocenters. The van der Waals surface area contributed by atoms with Crippen LogP contribution in [-0.4, -0.2) is 10.9 Å². The standard InChI is InChI=1S/C12H13ClF2N2OS/c1-5(2)9(11(16)19)12(18)17-10-7(13)3-6(14)4-8(10)15/h3-5,9H,1-2H3,(H2,16,19)(H,17,18). The maximum Gasteiger partial charge on any atom is 0.234 e. The van der Waals surface area contributed by atoms with Crippen molar-refractivity contribution in [2.75, 3.05) is 5.32 Å². The van der Waals surface area contributed by atoms with Crippen LogP contribution in [0, 0.1) is 23.5 Å². The Kier molecular flexibility index (Phi) is 5.20. The van der Waals surface area contributed by atoms with E-state index in [0.29, 0.717) is 6.07 Å². The van der Waals surface area contributed by atoms with Gasteiger partial charge in [0, 0.05) is 6.07 Å². The molecule has 1 atom stereocenters. The number of carbonyl (C=O) groups is 1. The molecule has 3 N–H and O–H groups in total. The second-order valence-electron chi connectivity index (χ2n) is 4.36. The lowest BCUT2D eigenvalue weighted by molar-refractivity contribution is -0.118. The molecule has 7 heteroatoms. The fraction of sp³-hybridized carbons (Fsp3) is 0.333. The number of nitrogens with two attached hydrogens (primary N) is 1. The first kappa shape index (κ1) is 15.8. The van der Waals surface area contributed by atoms with Crippen molar-refractivity contribution in [3.05, 3.63) is 28.8 Å². The van der Waals surface area contributed by atoms with E-state index in [4.69, 9.17) is 29.6 Å². The summed E-state index contributed by atoms with van der Waals surface area (Å²) in [6.45, 7) is 3.51. The zero-order chi connectivity index (χ0) is 14.7. The van der Waals surface area contributed by atoms with Crippen molar-refractivity contribution in [3.63, 3.8) is 0 Å². The highest BCUT2D eigenvalue weighted by Gasteiger charge is 2.26. The molecule has 0 spiro atoms. The van der Waals surface area contributed by atoms with Crippen LogP contribution in [0.25, 0.3) is 0 Å². The van der Waals surface area contributed by atoms with Gasteiger partial charge in [-0.05, 0) is 12.0 Å². The fourth-order valence-corrected chi connectivity index (χ4v) is 2.24. The number of nitrogens with one attached hydrogen (secondary N) is 1. The third-order valence-electron chi connectivity index (χ3n) is 2.51. The Bertz CT molecular complexity index is 499. The fourth-order valence-electron chi connectivity index (χ4n) is 1.62. The third-order valence-corrected chi connectivity index (χ3v) is 3.06. The lowest BCUT2D eigenvalue weighted by Crippen LogP contribution is -2.37. The molecule has 0 bridgehead atoms. The van der Waals surface area contributed by atoms with Gasteiger partial charge in [-0.15, -0.1) is 0 Å². The van der Waals surface area contributed by atoms with E-state index in [1.807, 2.05) is 0 Å². The quantitative estimate of drug-likeness (QED) is 0.840. The molecule has 104 valence electrons. The molecule has 19 heavy (non-hydrogen) atoms. The first-order valence-corrected chi connectivity index (χ1v) is 6.27. The van der Waals surface area contributed by atoms with Gasteiger partial charge in [0.25, 0.3) is 0 Å². The van der Waals surface area contributed by atoms with E-state index < -0.39 is 23.5 Å². The van der Waals surface area contributed by atoms with Gasteiger partial charge in [0.05, 0.1) is 21.6 Å². The van der Waals surface area contributed by atoms with Crippen LogP contribution >= 0.6 is 23.8 Å². The summed E-state index contributed by atoms with van der Waals surface area (Å²) < 4.78 is 26.4. The van der Waals surface area contributed by atoms with Gasteiger partial charge in [-0.2, -0.15) is 0 Å². The van der Waals surface area contributed by atoms with Crippen molar-refractivity contribution in [3.8, 4) is 0 Å². The molecule has 0 saturated heterocycles. The number of anilines is 1. The van der Waals surface area contributed by atoms with Crippen LogP contribution in [0.2, 0.25) is 5.02 Å². The zero-order valence-electron chi connectivity index (χ0n) is 10.3. The highest BCUT2D eigenvalue weighted by molar-refractivity contribution is 7.80. The maximum absolute atomic E-state index is 13.5. The van der Waals surface area contributed by atoms with Crippen molar-refractivity contribution in [1.82, 2.24) is 0 Å². The Balaban J connectivity index is 3.03. The Morgan fingerprint density at radius 3 is 2.42 bits per heavy atom. The second kappa shape index (κ2) is 6.25. The topological polar surface area (TPSA) is 55.1 Å². The predicted octanol–water partition coefficient (Wildman–Crippen LogP) is 3.12. The van der Waals surface area contributed by atoms with Gasteiger partial charge in [-0.3, -0.25) is 4.79 Å². The number of thiocarbonyl (C=S) groups is 1. The minimum atomic E-state index is -0.955. The van der Waals surface area contributed by atoms with Gasteiger partial charge in [0.15, 0.2) is 5.82 Å². The summed E-state index contributed by atoms with van der Waals surface area (Å²) in [6, 6.07) is 1.54. The van der Waals surface area contributed by atoms with Gasteiger partial charge in [-0.25, -0.2) is 8.78 Å². The molecule has 3 nitrogen and oxygen atoms in total. The first-order chi connectivity index (χ1) is 8.73. The van der Waals surface area contributed by atoms with Crippen LogP contribution in [-0.2, 0) is 4.79 Å². The Morgan fingerprint density at radius 2 is 2.00 bits per heavy atom. The number of hydrogen-bond acceptors (Lipinski definition) is 2. The van der Waals surface area contributed by atoms with E-state index in [1.165, 1.54) is 0 Å². The number of amides is 1. The van der Waals surface area contributed by atoms with Crippen molar-refractivity contribution < 1.29 is 13.6 Å². The molecule has 1 amide bonds. The summed E-state index contributed by atoms with van der Waals surface area (Å²) in [7, 11) is 0. The van der Waals surface area contributed by atoms with Crippen molar-refractivity contribution in [2.45, 2.75) is 13.8 Å². The smallest absolute Gasteiger partial charge is 0.234 e. The molecule has 0 aliphatic carbocycles. The van der Waals surface area contributed by atoms with Gasteiger partial charge in [-0.1, -0.05) is 37.7 Å². The lowest BCUT2D eigenvalue weighted by Gasteiger charge is -2.19. The average Bonchev–Trinajstić information content (AvgIpc) is 2.22.